The maximum atomic E-state index is 11.2. The van der Waals surface area contributed by atoms with Crippen LogP contribution >= 0.6 is 0 Å². The maximum absolute atomic E-state index is 11.2. The third-order valence-corrected chi connectivity index (χ3v) is 2.41. The van der Waals surface area contributed by atoms with E-state index >= 15 is 0 Å². The molecular formula is C13H12N4O2. The molecule has 0 saturated heterocycles. The van der Waals surface area contributed by atoms with Gasteiger partial charge in [0, 0.05) is 17.5 Å². The standard InChI is InChI=1S/C13H12N4O2/c14-13(19)12-11(15-17-16-12)10-6-4-9(5-7-10)3-1-2-8-18/h4-7,18H,2,8H2,(H2,14,19)(H,15,16,17). The molecule has 0 aliphatic rings. The zero-order valence-corrected chi connectivity index (χ0v) is 10.1. The van der Waals surface area contributed by atoms with Crippen molar-refractivity contribution in [2.75, 3.05) is 6.61 Å². The molecule has 19 heavy (non-hydrogen) atoms. The first-order valence-corrected chi connectivity index (χ1v) is 5.63. The molecule has 0 atom stereocenters. The lowest BCUT2D eigenvalue weighted by Crippen LogP contribution is -2.12. The van der Waals surface area contributed by atoms with Gasteiger partial charge in [0.05, 0.1) is 6.61 Å². The van der Waals surface area contributed by atoms with Crippen molar-refractivity contribution in [1.29, 1.82) is 0 Å². The molecule has 0 spiro atoms. The first kappa shape index (κ1) is 12.8. The number of aliphatic hydroxyl groups excluding tert-OH is 1. The van der Waals surface area contributed by atoms with Crippen LogP contribution in [-0.2, 0) is 0 Å². The van der Waals surface area contributed by atoms with Crippen LogP contribution in [0.1, 0.15) is 22.5 Å². The van der Waals surface area contributed by atoms with Crippen LogP contribution in [0.2, 0.25) is 0 Å². The van der Waals surface area contributed by atoms with Crippen LogP contribution in [0.15, 0.2) is 24.3 Å². The first-order valence-electron chi connectivity index (χ1n) is 5.63. The summed E-state index contributed by atoms with van der Waals surface area (Å²) in [7, 11) is 0. The van der Waals surface area contributed by atoms with Crippen molar-refractivity contribution >= 4 is 5.91 Å². The second kappa shape index (κ2) is 5.80. The van der Waals surface area contributed by atoms with Gasteiger partial charge in [-0.1, -0.05) is 24.0 Å². The van der Waals surface area contributed by atoms with Crippen LogP contribution in [0.4, 0.5) is 0 Å². The number of H-pyrrole nitrogens is 1. The van der Waals surface area contributed by atoms with Gasteiger partial charge in [-0.2, -0.15) is 15.4 Å². The molecule has 1 heterocycles. The molecule has 0 radical (unpaired) electrons. The van der Waals surface area contributed by atoms with Gasteiger partial charge in [-0.25, -0.2) is 0 Å². The summed E-state index contributed by atoms with van der Waals surface area (Å²) in [6.07, 6.45) is 0.441. The maximum Gasteiger partial charge on any atom is 0.271 e. The lowest BCUT2D eigenvalue weighted by atomic mass is 10.1. The fraction of sp³-hybridized carbons (Fsp3) is 0.154. The van der Waals surface area contributed by atoms with Gasteiger partial charge in [-0.3, -0.25) is 4.79 Å². The monoisotopic (exact) mass is 256 g/mol. The molecule has 0 aliphatic heterocycles. The molecule has 96 valence electrons. The van der Waals surface area contributed by atoms with Gasteiger partial charge in [-0.15, -0.1) is 0 Å². The number of benzene rings is 1. The van der Waals surface area contributed by atoms with Gasteiger partial charge in [-0.05, 0) is 12.1 Å². The molecule has 1 amide bonds. The van der Waals surface area contributed by atoms with Crippen molar-refractivity contribution in [3.63, 3.8) is 0 Å². The van der Waals surface area contributed by atoms with Gasteiger partial charge in [0.25, 0.3) is 5.91 Å². The fourth-order valence-corrected chi connectivity index (χ4v) is 1.54. The summed E-state index contributed by atoms with van der Waals surface area (Å²) in [6.45, 7) is 0.0476. The Kier molecular flexibility index (Phi) is 3.90. The summed E-state index contributed by atoms with van der Waals surface area (Å²) in [6, 6.07) is 7.18. The number of aromatic nitrogens is 3. The number of nitrogens with one attached hydrogen (secondary N) is 1. The van der Waals surface area contributed by atoms with E-state index in [0.717, 1.165) is 11.1 Å². The predicted molar refractivity (Wildman–Crippen MR) is 68.9 cm³/mol. The molecule has 2 rings (SSSR count). The average molecular weight is 256 g/mol. The van der Waals surface area contributed by atoms with Crippen LogP contribution < -0.4 is 5.73 Å². The van der Waals surface area contributed by atoms with E-state index in [1.54, 1.807) is 24.3 Å². The zero-order valence-electron chi connectivity index (χ0n) is 10.1. The molecule has 2 aromatic rings. The Morgan fingerprint density at radius 3 is 2.68 bits per heavy atom. The Balaban J connectivity index is 2.26. The molecular weight excluding hydrogens is 244 g/mol. The number of hydrogen-bond acceptors (Lipinski definition) is 4. The second-order valence-electron chi connectivity index (χ2n) is 3.74. The molecule has 0 aliphatic carbocycles. The number of carbonyl (C=O) groups excluding carboxylic acids is 1. The minimum atomic E-state index is -0.629. The van der Waals surface area contributed by atoms with Crippen molar-refractivity contribution in [2.45, 2.75) is 6.42 Å². The molecule has 0 unspecified atom stereocenters. The summed E-state index contributed by atoms with van der Waals surface area (Å²) in [5.74, 6) is 5.11. The molecule has 1 aromatic carbocycles. The smallest absolute Gasteiger partial charge is 0.271 e. The molecule has 4 N–H and O–H groups in total. The highest BCUT2D eigenvalue weighted by Crippen LogP contribution is 2.19. The van der Waals surface area contributed by atoms with E-state index in [4.69, 9.17) is 10.8 Å². The SMILES string of the molecule is NC(=O)c1n[nH]nc1-c1ccc(C#CCCO)cc1. The van der Waals surface area contributed by atoms with Crippen LogP contribution in [0.25, 0.3) is 11.3 Å². The lowest BCUT2D eigenvalue weighted by molar-refractivity contribution is 0.0996. The largest absolute Gasteiger partial charge is 0.395 e. The third-order valence-electron chi connectivity index (χ3n) is 2.41. The van der Waals surface area contributed by atoms with Crippen molar-refractivity contribution in [3.8, 4) is 23.1 Å². The van der Waals surface area contributed by atoms with E-state index in [1.807, 2.05) is 0 Å². The predicted octanol–water partition coefficient (Wildman–Crippen LogP) is 0.304. The number of aliphatic hydroxyl groups is 1. The second-order valence-corrected chi connectivity index (χ2v) is 3.74. The van der Waals surface area contributed by atoms with Crippen LogP contribution in [0.5, 0.6) is 0 Å². The van der Waals surface area contributed by atoms with E-state index in [-0.39, 0.29) is 12.3 Å². The average Bonchev–Trinajstić information content (AvgIpc) is 2.89. The summed E-state index contributed by atoms with van der Waals surface area (Å²) >= 11 is 0. The number of nitrogens with two attached hydrogens (primary N) is 1. The molecule has 0 bridgehead atoms. The lowest BCUT2D eigenvalue weighted by Gasteiger charge is -1.98. The Bertz CT molecular complexity index is 635. The number of amides is 1. The normalized spacial score (nSPS) is 9.74. The third kappa shape index (κ3) is 2.97. The van der Waals surface area contributed by atoms with Gasteiger partial charge in [0.2, 0.25) is 0 Å². The van der Waals surface area contributed by atoms with Crippen LogP contribution in [0.3, 0.4) is 0 Å². The van der Waals surface area contributed by atoms with E-state index < -0.39 is 5.91 Å². The van der Waals surface area contributed by atoms with Crippen molar-refractivity contribution in [2.24, 2.45) is 5.73 Å². The van der Waals surface area contributed by atoms with E-state index in [2.05, 4.69) is 27.3 Å². The summed E-state index contributed by atoms with van der Waals surface area (Å²) in [5.41, 5.74) is 7.28. The highest BCUT2D eigenvalue weighted by molar-refractivity contribution is 5.96. The van der Waals surface area contributed by atoms with E-state index in [1.165, 1.54) is 0 Å². The van der Waals surface area contributed by atoms with Crippen molar-refractivity contribution in [3.05, 3.63) is 35.5 Å². The van der Waals surface area contributed by atoms with E-state index in [9.17, 15) is 4.79 Å². The zero-order chi connectivity index (χ0) is 13.7. The Morgan fingerprint density at radius 2 is 2.05 bits per heavy atom. The number of rotatable bonds is 3. The first-order chi connectivity index (χ1) is 9.22. The van der Waals surface area contributed by atoms with Crippen LogP contribution in [0, 0.1) is 11.8 Å². The highest BCUT2D eigenvalue weighted by atomic mass is 16.2. The van der Waals surface area contributed by atoms with Crippen molar-refractivity contribution in [1.82, 2.24) is 15.4 Å². The number of primary amides is 1. The van der Waals surface area contributed by atoms with Gasteiger partial charge in [0.15, 0.2) is 5.69 Å². The number of nitrogens with zero attached hydrogens (tertiary/aromatic N) is 2. The minimum absolute atomic E-state index is 0.0476. The summed E-state index contributed by atoms with van der Waals surface area (Å²) in [4.78, 5) is 11.2. The molecule has 1 aromatic heterocycles. The highest BCUT2D eigenvalue weighted by Gasteiger charge is 2.14. The van der Waals surface area contributed by atoms with Gasteiger partial charge >= 0.3 is 0 Å². The summed E-state index contributed by atoms with van der Waals surface area (Å²) in [5, 5.41) is 18.6. The Labute approximate surface area is 109 Å². The number of carbonyl (C=O) groups is 1. The van der Waals surface area contributed by atoms with Crippen molar-refractivity contribution < 1.29 is 9.90 Å². The Hall–Kier alpha value is -2.65. The topological polar surface area (TPSA) is 105 Å². The molecule has 6 heteroatoms. The fourth-order valence-electron chi connectivity index (χ4n) is 1.54. The molecule has 0 saturated carbocycles. The molecule has 6 nitrogen and oxygen atoms in total. The number of hydrogen-bond donors (Lipinski definition) is 3. The Morgan fingerprint density at radius 1 is 1.32 bits per heavy atom. The van der Waals surface area contributed by atoms with Gasteiger partial charge < -0.3 is 10.8 Å². The van der Waals surface area contributed by atoms with Gasteiger partial charge in [0.1, 0.15) is 5.69 Å². The minimum Gasteiger partial charge on any atom is -0.395 e. The van der Waals surface area contributed by atoms with Crippen LogP contribution in [-0.4, -0.2) is 33.0 Å². The molecule has 0 fully saturated rings. The van der Waals surface area contributed by atoms with E-state index in [0.29, 0.717) is 12.1 Å². The summed E-state index contributed by atoms with van der Waals surface area (Å²) < 4.78 is 0. The number of aromatic amines is 1. The quantitative estimate of drug-likeness (QED) is 0.687.